The first-order valence-electron chi connectivity index (χ1n) is 20.2. The summed E-state index contributed by atoms with van der Waals surface area (Å²) >= 11 is 0. The van der Waals surface area contributed by atoms with Crippen LogP contribution in [0.4, 0.5) is 17.1 Å². The van der Waals surface area contributed by atoms with Crippen LogP contribution >= 0.6 is 0 Å². The van der Waals surface area contributed by atoms with Crippen LogP contribution in [0, 0.1) is 23.7 Å². The van der Waals surface area contributed by atoms with E-state index < -0.39 is 0 Å². The first-order chi connectivity index (χ1) is 25.7. The molecule has 1 heteroatoms. The van der Waals surface area contributed by atoms with E-state index in [-0.39, 0.29) is 16.2 Å². The van der Waals surface area contributed by atoms with Crippen LogP contribution < -0.4 is 4.90 Å². The van der Waals surface area contributed by atoms with Crippen molar-refractivity contribution in [2.75, 3.05) is 4.90 Å². The molecule has 1 spiro atoms. The minimum atomic E-state index is -0.0759. The van der Waals surface area contributed by atoms with Gasteiger partial charge in [-0.15, -0.1) is 0 Å². The van der Waals surface area contributed by atoms with Crippen molar-refractivity contribution in [3.05, 3.63) is 173 Å². The number of anilines is 3. The molecule has 6 aromatic carbocycles. The van der Waals surface area contributed by atoms with Crippen molar-refractivity contribution < 1.29 is 0 Å². The Labute approximate surface area is 315 Å². The van der Waals surface area contributed by atoms with Gasteiger partial charge in [0.15, 0.2) is 0 Å². The highest BCUT2D eigenvalue weighted by atomic mass is 15.1. The van der Waals surface area contributed by atoms with Gasteiger partial charge in [-0.25, -0.2) is 0 Å². The summed E-state index contributed by atoms with van der Waals surface area (Å²) in [5, 5.41) is 0. The average molecular weight is 688 g/mol. The van der Waals surface area contributed by atoms with E-state index in [9.17, 15) is 0 Å². The lowest BCUT2D eigenvalue weighted by Crippen LogP contribution is -2.58. The van der Waals surface area contributed by atoms with E-state index in [0.717, 1.165) is 11.8 Å². The van der Waals surface area contributed by atoms with Crippen molar-refractivity contribution in [2.24, 2.45) is 23.7 Å². The summed E-state index contributed by atoms with van der Waals surface area (Å²) in [6.07, 6.45) is 7.00. The van der Waals surface area contributed by atoms with Crippen molar-refractivity contribution >= 4 is 17.1 Å². The van der Waals surface area contributed by atoms with Gasteiger partial charge in [-0.05, 0) is 148 Å². The first-order valence-corrected chi connectivity index (χ1v) is 20.2. The molecule has 0 unspecified atom stereocenters. The second kappa shape index (κ2) is 11.1. The van der Waals surface area contributed by atoms with Gasteiger partial charge in [0.2, 0.25) is 0 Å². The van der Waals surface area contributed by atoms with Crippen LogP contribution in [-0.4, -0.2) is 0 Å². The summed E-state index contributed by atoms with van der Waals surface area (Å²) in [7, 11) is 0. The molecule has 0 atom stereocenters. The number of benzene rings is 6. The predicted molar refractivity (Wildman–Crippen MR) is 221 cm³/mol. The number of hydrogen-bond donors (Lipinski definition) is 0. The second-order valence-corrected chi connectivity index (χ2v) is 18.2. The highest BCUT2D eigenvalue weighted by Crippen LogP contribution is 2.69. The van der Waals surface area contributed by atoms with Gasteiger partial charge in [0.1, 0.15) is 0 Å². The molecule has 1 nitrogen and oxygen atoms in total. The summed E-state index contributed by atoms with van der Waals surface area (Å²) < 4.78 is 0. The van der Waals surface area contributed by atoms with E-state index in [0.29, 0.717) is 11.8 Å². The molecule has 6 aromatic rings. The molecule has 0 radical (unpaired) electrons. The molecule has 0 N–H and O–H groups in total. The van der Waals surface area contributed by atoms with Gasteiger partial charge >= 0.3 is 0 Å². The van der Waals surface area contributed by atoms with E-state index >= 15 is 0 Å². The van der Waals surface area contributed by atoms with Gasteiger partial charge in [-0.3, -0.25) is 0 Å². The molecule has 0 aliphatic heterocycles. The largest absolute Gasteiger partial charge is 0.310 e. The van der Waals surface area contributed by atoms with Crippen LogP contribution in [0.1, 0.15) is 93.2 Å². The smallest absolute Gasteiger partial charge is 0.0467 e. The summed E-state index contributed by atoms with van der Waals surface area (Å²) in [5.41, 5.74) is 18.0. The Balaban J connectivity index is 1.15. The highest BCUT2D eigenvalue weighted by molar-refractivity contribution is 5.87. The van der Waals surface area contributed by atoms with Crippen LogP contribution in [0.3, 0.4) is 0 Å². The molecule has 4 bridgehead atoms. The molecule has 53 heavy (non-hydrogen) atoms. The summed E-state index contributed by atoms with van der Waals surface area (Å²) in [6, 6.07) is 53.6. The molecule has 6 aliphatic rings. The predicted octanol–water partition coefficient (Wildman–Crippen LogP) is 13.5. The van der Waals surface area contributed by atoms with Gasteiger partial charge in [0.05, 0.1) is 0 Å². The van der Waals surface area contributed by atoms with Crippen LogP contribution in [0.2, 0.25) is 0 Å². The molecule has 4 saturated carbocycles. The third-order valence-corrected chi connectivity index (χ3v) is 14.9. The monoisotopic (exact) mass is 687 g/mol. The van der Waals surface area contributed by atoms with E-state index in [2.05, 4.69) is 172 Å². The fraction of sp³-hybridized carbons (Fsp3) is 0.308. The zero-order chi connectivity index (χ0) is 35.7. The highest BCUT2D eigenvalue weighted by Gasteiger charge is 2.62. The Bertz CT molecular complexity index is 2400. The lowest BCUT2D eigenvalue weighted by molar-refractivity contribution is -0.0443. The third kappa shape index (κ3) is 4.31. The maximum absolute atomic E-state index is 2.68. The maximum Gasteiger partial charge on any atom is 0.0467 e. The lowest BCUT2D eigenvalue weighted by Gasteiger charge is -2.64. The maximum atomic E-state index is 2.68. The molecule has 0 amide bonds. The Morgan fingerprint density at radius 2 is 0.925 bits per heavy atom. The number of rotatable bonds is 4. The zero-order valence-electron chi connectivity index (χ0n) is 31.6. The van der Waals surface area contributed by atoms with Crippen LogP contribution in [0.15, 0.2) is 140 Å². The van der Waals surface area contributed by atoms with E-state index in [1.165, 1.54) is 88.1 Å². The molecule has 0 saturated heterocycles. The molecular formula is C52H49N. The molecule has 262 valence electrons. The molecule has 6 aliphatic carbocycles. The van der Waals surface area contributed by atoms with Gasteiger partial charge in [-0.1, -0.05) is 131 Å². The third-order valence-electron chi connectivity index (χ3n) is 14.9. The van der Waals surface area contributed by atoms with E-state index in [4.69, 9.17) is 0 Å². The summed E-state index contributed by atoms with van der Waals surface area (Å²) in [5.74, 6) is 3.24. The Morgan fingerprint density at radius 3 is 1.66 bits per heavy atom. The van der Waals surface area contributed by atoms with Crippen LogP contribution in [0.5, 0.6) is 0 Å². The van der Waals surface area contributed by atoms with Crippen molar-refractivity contribution in [2.45, 2.75) is 76.0 Å². The van der Waals surface area contributed by atoms with Gasteiger partial charge in [0, 0.05) is 33.3 Å². The van der Waals surface area contributed by atoms with Gasteiger partial charge in [0.25, 0.3) is 0 Å². The molecule has 0 heterocycles. The van der Waals surface area contributed by atoms with Gasteiger partial charge in [-0.2, -0.15) is 0 Å². The van der Waals surface area contributed by atoms with Crippen molar-refractivity contribution in [1.82, 2.24) is 0 Å². The molecular weight excluding hydrogens is 639 g/mol. The summed E-state index contributed by atoms with van der Waals surface area (Å²) in [4.78, 5) is 2.57. The Kier molecular flexibility index (Phi) is 6.61. The Morgan fingerprint density at radius 1 is 0.396 bits per heavy atom. The first kappa shape index (κ1) is 31.6. The van der Waals surface area contributed by atoms with Crippen molar-refractivity contribution in [3.63, 3.8) is 0 Å². The standard InChI is InChI=1S/C52H49N/c1-50(2)44-18-9-8-17-42(44)43-23-21-40(31-48(43)50)53(39-16-12-15-36(30-39)35-13-6-5-7-14-35)41-22-24-46-49(32-41)52(47-20-11-10-19-45(47)51(46,3)4)37-26-33-25-34(28-37)29-38(52)27-33/h5-24,30-34,37-38H,25-29H2,1-4H3. The van der Waals surface area contributed by atoms with E-state index in [1.54, 1.807) is 16.7 Å². The lowest BCUT2D eigenvalue weighted by atomic mass is 9.39. The zero-order valence-corrected chi connectivity index (χ0v) is 31.6. The van der Waals surface area contributed by atoms with Crippen molar-refractivity contribution in [3.8, 4) is 22.3 Å². The summed E-state index contributed by atoms with van der Waals surface area (Å²) in [6.45, 7) is 9.76. The minimum absolute atomic E-state index is 0.0637. The van der Waals surface area contributed by atoms with E-state index in [1.807, 2.05) is 0 Å². The number of fused-ring (bicyclic) bond motifs is 5. The topological polar surface area (TPSA) is 3.24 Å². The SMILES string of the molecule is CC1(C)c2ccccc2-c2ccc(N(c3cccc(-c4ccccc4)c3)c3ccc4c(c3)C3(c5ccccc5C4(C)C)C4CC5CC(C4)CC3C5)cc21. The fourth-order valence-corrected chi connectivity index (χ4v) is 12.8. The van der Waals surface area contributed by atoms with Crippen molar-refractivity contribution in [1.29, 1.82) is 0 Å². The second-order valence-electron chi connectivity index (χ2n) is 18.2. The fourth-order valence-electron chi connectivity index (χ4n) is 12.8. The quantitative estimate of drug-likeness (QED) is 0.178. The molecule has 0 aromatic heterocycles. The average Bonchev–Trinajstić information content (AvgIpc) is 3.40. The minimum Gasteiger partial charge on any atom is -0.310 e. The number of nitrogens with zero attached hydrogens (tertiary/aromatic N) is 1. The Hall–Kier alpha value is -4.88. The molecule has 12 rings (SSSR count). The normalized spacial score (nSPS) is 26.1. The van der Waals surface area contributed by atoms with Gasteiger partial charge < -0.3 is 4.90 Å². The number of hydrogen-bond acceptors (Lipinski definition) is 1. The molecule has 4 fully saturated rings. The van der Waals surface area contributed by atoms with Crippen LogP contribution in [0.25, 0.3) is 22.3 Å². The van der Waals surface area contributed by atoms with Crippen LogP contribution in [-0.2, 0) is 16.2 Å².